The minimum atomic E-state index is -0.0247. The van der Waals surface area contributed by atoms with Crippen molar-refractivity contribution in [1.29, 1.82) is 0 Å². The quantitative estimate of drug-likeness (QED) is 0.140. The summed E-state index contributed by atoms with van der Waals surface area (Å²) in [7, 11) is 0. The Morgan fingerprint density at radius 1 is 0.364 bits per heavy atom. The van der Waals surface area contributed by atoms with Crippen LogP contribution in [0.4, 0.5) is 0 Å². The molecule has 2 aromatic heterocycles. The van der Waals surface area contributed by atoms with Crippen LogP contribution in [0.5, 0.6) is 0 Å². The highest BCUT2D eigenvalue weighted by molar-refractivity contribution is 6.91. The molecule has 0 radical (unpaired) electrons. The van der Waals surface area contributed by atoms with E-state index in [1.807, 2.05) is 0 Å². The molecule has 10 aromatic carbocycles. The lowest BCUT2D eigenvalue weighted by Gasteiger charge is -2.35. The van der Waals surface area contributed by atoms with Crippen molar-refractivity contribution in [2.75, 3.05) is 0 Å². The molecule has 0 saturated carbocycles. The Hall–Kier alpha value is -7.10. The smallest absolute Gasteiger partial charge is 0.333 e. The molecule has 0 atom stereocenters. The Kier molecular flexibility index (Phi) is 4.58. The van der Waals surface area contributed by atoms with Crippen molar-refractivity contribution in [1.82, 2.24) is 9.05 Å². The van der Waals surface area contributed by atoms with Crippen molar-refractivity contribution in [3.63, 3.8) is 0 Å². The van der Waals surface area contributed by atoms with Crippen molar-refractivity contribution in [3.05, 3.63) is 164 Å². The van der Waals surface area contributed by atoms with E-state index in [0.29, 0.717) is 0 Å². The predicted molar refractivity (Wildman–Crippen MR) is 234 cm³/mol. The van der Waals surface area contributed by atoms with E-state index < -0.39 is 0 Å². The summed E-state index contributed by atoms with van der Waals surface area (Å²) in [5.74, 6) is 0. The van der Waals surface area contributed by atoms with Gasteiger partial charge in [-0.2, -0.15) is 0 Å². The van der Waals surface area contributed by atoms with Crippen LogP contribution in [0, 0.1) is 0 Å². The van der Waals surface area contributed by atoms with E-state index in [2.05, 4.69) is 173 Å². The number of hydrogen-bond acceptors (Lipinski definition) is 0. The Bertz CT molecular complexity index is 3840. The molecule has 0 fully saturated rings. The topological polar surface area (TPSA) is 9.86 Å². The average Bonchev–Trinajstić information content (AvgIpc) is 3.74. The summed E-state index contributed by atoms with van der Waals surface area (Å²) >= 11 is 0. The molecule has 55 heavy (non-hydrogen) atoms. The van der Waals surface area contributed by atoms with E-state index in [-0.39, 0.29) is 6.85 Å². The minimum Gasteiger partial charge on any atom is -0.375 e. The monoisotopic (exact) mass is 690 g/mol. The molecule has 3 heteroatoms. The molecule has 0 saturated heterocycles. The molecule has 15 rings (SSSR count). The molecule has 0 spiro atoms. The summed E-state index contributed by atoms with van der Waals surface area (Å²) in [6.45, 7) is -0.0247. The number of nitrogens with zero attached hydrogens (tertiary/aromatic N) is 2. The molecule has 3 aliphatic rings. The van der Waals surface area contributed by atoms with Gasteiger partial charge in [-0.3, -0.25) is 0 Å². The first kappa shape index (κ1) is 27.5. The molecule has 2 nitrogen and oxygen atoms in total. The maximum atomic E-state index is 2.75. The summed E-state index contributed by atoms with van der Waals surface area (Å²) in [5.41, 5.74) is 17.3. The van der Waals surface area contributed by atoms with E-state index in [0.717, 1.165) is 0 Å². The zero-order valence-electron chi connectivity index (χ0n) is 29.6. The summed E-state index contributed by atoms with van der Waals surface area (Å²) in [6.07, 6.45) is 0. The van der Waals surface area contributed by atoms with Gasteiger partial charge in [-0.15, -0.1) is 0 Å². The van der Waals surface area contributed by atoms with Crippen LogP contribution >= 0.6 is 0 Å². The van der Waals surface area contributed by atoms with Gasteiger partial charge < -0.3 is 9.05 Å². The van der Waals surface area contributed by atoms with Gasteiger partial charge in [-0.25, -0.2) is 0 Å². The van der Waals surface area contributed by atoms with Crippen LogP contribution in [0.3, 0.4) is 0 Å². The fourth-order valence-electron chi connectivity index (χ4n) is 11.6. The highest BCUT2D eigenvalue weighted by Crippen LogP contribution is 2.53. The average molecular weight is 691 g/mol. The van der Waals surface area contributed by atoms with Gasteiger partial charge in [0.2, 0.25) is 0 Å². The Morgan fingerprint density at radius 3 is 1.82 bits per heavy atom. The van der Waals surface area contributed by atoms with E-state index in [1.54, 1.807) is 0 Å². The molecule has 0 bridgehead atoms. The van der Waals surface area contributed by atoms with Crippen molar-refractivity contribution >= 4 is 104 Å². The third kappa shape index (κ3) is 2.99. The van der Waals surface area contributed by atoms with Crippen molar-refractivity contribution in [2.24, 2.45) is 0 Å². The number of hydrogen-bond donors (Lipinski definition) is 0. The van der Waals surface area contributed by atoms with Crippen LogP contribution in [0.25, 0.3) is 126 Å². The van der Waals surface area contributed by atoms with Crippen LogP contribution < -0.4 is 10.9 Å². The van der Waals surface area contributed by atoms with E-state index in [9.17, 15) is 0 Å². The van der Waals surface area contributed by atoms with Crippen LogP contribution in [0.1, 0.15) is 0 Å². The fourth-order valence-corrected chi connectivity index (χ4v) is 11.6. The number of rotatable bonds is 0. The number of benzene rings is 10. The SMILES string of the molecule is c1ccc2c(c1)-c1cccc3cc4c5c(c13)c1c-2cccc1n5-c1cc2ccccc2c2c1B4n1c3ccc4ccccc4c3c3c4ccccc4cc-2c31. The molecule has 0 amide bonds. The summed E-state index contributed by atoms with van der Waals surface area (Å²) in [6, 6.07) is 62.4. The Labute approximate surface area is 315 Å². The number of aromatic nitrogens is 2. The summed E-state index contributed by atoms with van der Waals surface area (Å²) in [4.78, 5) is 0. The van der Waals surface area contributed by atoms with Gasteiger partial charge in [-0.1, -0.05) is 140 Å². The van der Waals surface area contributed by atoms with Crippen molar-refractivity contribution < 1.29 is 0 Å². The minimum absolute atomic E-state index is 0.0247. The first-order valence-electron chi connectivity index (χ1n) is 19.4. The molecule has 0 unspecified atom stereocenters. The lowest BCUT2D eigenvalue weighted by molar-refractivity contribution is 1.18. The third-order valence-corrected chi connectivity index (χ3v) is 13.5. The molecule has 248 valence electrons. The maximum Gasteiger partial charge on any atom is 0.333 e. The molecule has 4 heterocycles. The summed E-state index contributed by atoms with van der Waals surface area (Å²) in [5, 5.41) is 15.9. The summed E-state index contributed by atoms with van der Waals surface area (Å²) < 4.78 is 5.40. The highest BCUT2D eigenvalue weighted by atomic mass is 15.0. The second-order valence-electron chi connectivity index (χ2n) is 15.9. The van der Waals surface area contributed by atoms with Crippen LogP contribution in [-0.2, 0) is 0 Å². The van der Waals surface area contributed by atoms with E-state index in [4.69, 9.17) is 0 Å². The van der Waals surface area contributed by atoms with Gasteiger partial charge in [0.1, 0.15) is 0 Å². The first-order valence-corrected chi connectivity index (χ1v) is 19.4. The lowest BCUT2D eigenvalue weighted by atomic mass is 9.45. The highest BCUT2D eigenvalue weighted by Gasteiger charge is 2.43. The third-order valence-electron chi connectivity index (χ3n) is 13.5. The molecular weight excluding hydrogens is 663 g/mol. The maximum absolute atomic E-state index is 2.75. The fraction of sp³-hybridized carbons (Fsp3) is 0. The molecular formula is C52H27BN2. The predicted octanol–water partition coefficient (Wildman–Crippen LogP) is 12.1. The Balaban J connectivity index is 1.27. The first-order chi connectivity index (χ1) is 27.3. The normalized spacial score (nSPS) is 13.4. The van der Waals surface area contributed by atoms with Gasteiger partial charge in [0, 0.05) is 43.8 Å². The zero-order valence-corrected chi connectivity index (χ0v) is 29.6. The Morgan fingerprint density at radius 2 is 1.00 bits per heavy atom. The molecule has 1 aliphatic carbocycles. The zero-order chi connectivity index (χ0) is 35.3. The van der Waals surface area contributed by atoms with Crippen molar-refractivity contribution in [2.45, 2.75) is 0 Å². The largest absolute Gasteiger partial charge is 0.375 e. The van der Waals surface area contributed by atoms with Crippen molar-refractivity contribution in [3.8, 4) is 39.1 Å². The van der Waals surface area contributed by atoms with Gasteiger partial charge in [0.25, 0.3) is 0 Å². The molecule has 12 aromatic rings. The van der Waals surface area contributed by atoms with E-state index in [1.165, 1.54) is 137 Å². The van der Waals surface area contributed by atoms with Crippen LogP contribution in [0.15, 0.2) is 164 Å². The van der Waals surface area contributed by atoms with Gasteiger partial charge >= 0.3 is 6.85 Å². The second kappa shape index (κ2) is 9.16. The molecule has 2 aliphatic heterocycles. The van der Waals surface area contributed by atoms with Crippen LogP contribution in [-0.4, -0.2) is 15.9 Å². The lowest BCUT2D eigenvalue weighted by Crippen LogP contribution is -2.55. The van der Waals surface area contributed by atoms with Gasteiger partial charge in [0.05, 0.1) is 11.0 Å². The number of fused-ring (bicyclic) bond motifs is 17. The standard InChI is InChI=1S/C52H27BN2/c1-4-15-32-28(11-1)23-24-42-46(32)48-34-17-6-2-12-29(34)25-39-45-33-16-5-3-13-30(33)27-43-50(45)53(55(42)51(39)48)40-26-31-14-9-20-37-35-18-7-8-19-36(35)38-21-10-22-41-47(38)49(44(31)37)52(40)54(41)43/h1-27H. The second-order valence-corrected chi connectivity index (χ2v) is 15.9. The van der Waals surface area contributed by atoms with Gasteiger partial charge in [-0.05, 0) is 106 Å². The van der Waals surface area contributed by atoms with E-state index >= 15 is 0 Å². The van der Waals surface area contributed by atoms with Gasteiger partial charge in [0.15, 0.2) is 0 Å². The van der Waals surface area contributed by atoms with Crippen LogP contribution in [0.2, 0.25) is 0 Å². The molecule has 0 N–H and O–H groups in total.